The maximum atomic E-state index is 12.2. The summed E-state index contributed by atoms with van der Waals surface area (Å²) in [6.45, 7) is 7.15. The second kappa shape index (κ2) is 4.59. The Morgan fingerprint density at radius 1 is 1.04 bits per heavy atom. The molecule has 2 heteroatoms. The van der Waals surface area contributed by atoms with E-state index in [1.165, 1.54) is 38.5 Å². The molecule has 4 saturated carbocycles. The highest BCUT2D eigenvalue weighted by molar-refractivity contribution is 5.92. The van der Waals surface area contributed by atoms with Crippen molar-refractivity contribution in [3.8, 4) is 6.07 Å². The van der Waals surface area contributed by atoms with E-state index >= 15 is 0 Å². The van der Waals surface area contributed by atoms with Gasteiger partial charge in [0.15, 0.2) is 5.78 Å². The third-order valence-electron chi connectivity index (χ3n) is 9.97. The van der Waals surface area contributed by atoms with Crippen LogP contribution in [0.1, 0.15) is 78.6 Å². The van der Waals surface area contributed by atoms with Crippen LogP contribution >= 0.6 is 0 Å². The minimum Gasteiger partial charge on any atom is -0.295 e. The van der Waals surface area contributed by atoms with Crippen molar-refractivity contribution in [1.82, 2.24) is 0 Å². The second-order valence-corrected chi connectivity index (χ2v) is 10.7. The Balaban J connectivity index is 1.59. The van der Waals surface area contributed by atoms with Gasteiger partial charge in [-0.05, 0) is 98.4 Å². The molecule has 0 unspecified atom stereocenters. The lowest BCUT2D eigenvalue weighted by molar-refractivity contribution is -0.118. The molecule has 0 radical (unpaired) electrons. The molecule has 6 atom stereocenters. The van der Waals surface area contributed by atoms with Crippen LogP contribution in [-0.2, 0) is 4.79 Å². The highest BCUT2D eigenvalue weighted by Gasteiger charge is 2.68. The van der Waals surface area contributed by atoms with Gasteiger partial charge in [-0.15, -0.1) is 0 Å². The number of allylic oxidation sites excluding steroid dienone is 1. The lowest BCUT2D eigenvalue weighted by Gasteiger charge is -2.61. The average molecular weight is 338 g/mol. The van der Waals surface area contributed by atoms with Crippen LogP contribution in [0.5, 0.6) is 0 Å². The zero-order chi connectivity index (χ0) is 17.7. The van der Waals surface area contributed by atoms with Gasteiger partial charge in [-0.3, -0.25) is 4.79 Å². The normalized spacial score (nSPS) is 52.6. The highest BCUT2D eigenvalue weighted by Crippen LogP contribution is 2.76. The van der Waals surface area contributed by atoms with Gasteiger partial charge in [0.1, 0.15) is 0 Å². The van der Waals surface area contributed by atoms with E-state index in [-0.39, 0.29) is 16.2 Å². The Hall–Kier alpha value is -1.10. The molecule has 0 saturated heterocycles. The van der Waals surface area contributed by atoms with E-state index in [2.05, 4.69) is 32.9 Å². The van der Waals surface area contributed by atoms with Gasteiger partial charge in [0.25, 0.3) is 0 Å². The monoisotopic (exact) mass is 337 g/mol. The molecule has 0 amide bonds. The third kappa shape index (κ3) is 1.78. The second-order valence-electron chi connectivity index (χ2n) is 10.7. The fourth-order valence-corrected chi connectivity index (χ4v) is 8.06. The van der Waals surface area contributed by atoms with Gasteiger partial charge < -0.3 is 0 Å². The predicted molar refractivity (Wildman–Crippen MR) is 97.5 cm³/mol. The molecule has 0 aromatic rings. The van der Waals surface area contributed by atoms with Crippen LogP contribution < -0.4 is 0 Å². The van der Waals surface area contributed by atoms with Crippen LogP contribution in [0.3, 0.4) is 0 Å². The topological polar surface area (TPSA) is 40.9 Å². The smallest absolute Gasteiger partial charge is 0.155 e. The summed E-state index contributed by atoms with van der Waals surface area (Å²) in [5.41, 5.74) is 2.21. The number of ketones is 1. The molecule has 0 aliphatic heterocycles. The standard InChI is InChI=1S/C23H31NO/c1-20(14-24)7-5-18-16-13-23(10-11-23)19-12-15(25)4-8-21(19,2)17(16)6-9-22(18,20)3/h12,16-18H,4-11,13H2,1-3H3/t16-,17+,18+,20-,21-,22+/m1/s1. The molecule has 0 bridgehead atoms. The Morgan fingerprint density at radius 2 is 1.76 bits per heavy atom. The molecule has 5 rings (SSSR count). The first kappa shape index (κ1) is 16.1. The number of hydrogen-bond acceptors (Lipinski definition) is 2. The molecule has 1 spiro atoms. The number of hydrogen-bond donors (Lipinski definition) is 0. The van der Waals surface area contributed by atoms with Gasteiger partial charge in [0, 0.05) is 6.42 Å². The SMILES string of the molecule is C[C@]12CCC(=O)C=C1C1(CC1)C[C@@H]1[C@@H]2CC[C@@]2(C)[C@H]1CC[C@]2(C)C#N. The summed E-state index contributed by atoms with van der Waals surface area (Å²) in [5, 5.41) is 9.91. The Labute approximate surface area is 152 Å². The van der Waals surface area contributed by atoms with Gasteiger partial charge in [-0.2, -0.15) is 5.26 Å². The van der Waals surface area contributed by atoms with Crippen molar-refractivity contribution in [2.45, 2.75) is 78.6 Å². The number of nitriles is 1. The summed E-state index contributed by atoms with van der Waals surface area (Å²) in [7, 11) is 0. The predicted octanol–water partition coefficient (Wildman–Crippen LogP) is 5.44. The van der Waals surface area contributed by atoms with Crippen LogP contribution in [0, 0.1) is 50.7 Å². The minimum atomic E-state index is -0.140. The van der Waals surface area contributed by atoms with Crippen molar-refractivity contribution in [3.05, 3.63) is 11.6 Å². The summed E-state index contributed by atoms with van der Waals surface area (Å²) in [6, 6.07) is 2.73. The maximum Gasteiger partial charge on any atom is 0.155 e. The summed E-state index contributed by atoms with van der Waals surface area (Å²) in [6.07, 6.45) is 12.6. The Bertz CT molecular complexity index is 725. The molecule has 2 nitrogen and oxygen atoms in total. The van der Waals surface area contributed by atoms with Crippen molar-refractivity contribution < 1.29 is 4.79 Å². The van der Waals surface area contributed by atoms with E-state index < -0.39 is 0 Å². The van der Waals surface area contributed by atoms with E-state index in [1.807, 2.05) is 0 Å². The molecule has 5 aliphatic rings. The number of carbonyl (C=O) groups is 1. The zero-order valence-corrected chi connectivity index (χ0v) is 16.0. The Kier molecular flexibility index (Phi) is 2.96. The van der Waals surface area contributed by atoms with Gasteiger partial charge in [-0.25, -0.2) is 0 Å². The fraction of sp³-hybridized carbons (Fsp3) is 0.826. The molecule has 4 fully saturated rings. The Morgan fingerprint density at radius 3 is 2.44 bits per heavy atom. The summed E-state index contributed by atoms with van der Waals surface area (Å²) in [4.78, 5) is 12.2. The largest absolute Gasteiger partial charge is 0.295 e. The van der Waals surface area contributed by atoms with Crippen LogP contribution in [-0.4, -0.2) is 5.78 Å². The number of fused-ring (bicyclic) bond motifs is 6. The third-order valence-corrected chi connectivity index (χ3v) is 9.97. The van der Waals surface area contributed by atoms with Gasteiger partial charge in [0.2, 0.25) is 0 Å². The maximum absolute atomic E-state index is 12.2. The summed E-state index contributed by atoms with van der Waals surface area (Å²) < 4.78 is 0. The molecular formula is C23H31NO. The summed E-state index contributed by atoms with van der Waals surface area (Å²) in [5.74, 6) is 2.59. The van der Waals surface area contributed by atoms with Crippen molar-refractivity contribution in [2.75, 3.05) is 0 Å². The van der Waals surface area contributed by atoms with E-state index in [9.17, 15) is 10.1 Å². The quantitative estimate of drug-likeness (QED) is 0.590. The number of rotatable bonds is 0. The van der Waals surface area contributed by atoms with Crippen LogP contribution in [0.4, 0.5) is 0 Å². The minimum absolute atomic E-state index is 0.140. The van der Waals surface area contributed by atoms with Gasteiger partial charge >= 0.3 is 0 Å². The summed E-state index contributed by atoms with van der Waals surface area (Å²) >= 11 is 0. The molecular weight excluding hydrogens is 306 g/mol. The lowest BCUT2D eigenvalue weighted by Crippen LogP contribution is -2.54. The van der Waals surface area contributed by atoms with Crippen molar-refractivity contribution in [2.24, 2.45) is 39.4 Å². The molecule has 0 heterocycles. The molecule has 0 aromatic carbocycles. The first-order valence-electron chi connectivity index (χ1n) is 10.4. The van der Waals surface area contributed by atoms with E-state index in [1.54, 1.807) is 5.57 Å². The number of nitrogens with zero attached hydrogens (tertiary/aromatic N) is 1. The van der Waals surface area contributed by atoms with Gasteiger partial charge in [0.05, 0.1) is 11.5 Å². The molecule has 0 aromatic heterocycles. The average Bonchev–Trinajstić information content (AvgIpc) is 3.29. The first-order valence-corrected chi connectivity index (χ1v) is 10.4. The van der Waals surface area contributed by atoms with E-state index in [4.69, 9.17) is 0 Å². The first-order chi connectivity index (χ1) is 11.8. The fourth-order valence-electron chi connectivity index (χ4n) is 8.06. The van der Waals surface area contributed by atoms with Crippen LogP contribution in [0.15, 0.2) is 11.6 Å². The van der Waals surface area contributed by atoms with Crippen LogP contribution in [0.2, 0.25) is 0 Å². The van der Waals surface area contributed by atoms with Crippen molar-refractivity contribution in [1.29, 1.82) is 5.26 Å². The van der Waals surface area contributed by atoms with E-state index in [0.29, 0.717) is 17.1 Å². The molecule has 5 aliphatic carbocycles. The van der Waals surface area contributed by atoms with Gasteiger partial charge in [-0.1, -0.05) is 19.4 Å². The van der Waals surface area contributed by atoms with Crippen molar-refractivity contribution in [3.63, 3.8) is 0 Å². The molecule has 25 heavy (non-hydrogen) atoms. The van der Waals surface area contributed by atoms with Crippen LogP contribution in [0.25, 0.3) is 0 Å². The van der Waals surface area contributed by atoms with E-state index in [0.717, 1.165) is 31.1 Å². The zero-order valence-electron chi connectivity index (χ0n) is 16.0. The van der Waals surface area contributed by atoms with Crippen molar-refractivity contribution >= 4 is 5.78 Å². The lowest BCUT2D eigenvalue weighted by atomic mass is 9.43. The highest BCUT2D eigenvalue weighted by atomic mass is 16.1. The molecule has 0 N–H and O–H groups in total. The molecule has 134 valence electrons. The number of carbonyl (C=O) groups excluding carboxylic acids is 1.